The first-order chi connectivity index (χ1) is 11.6. The van der Waals surface area contributed by atoms with Gasteiger partial charge in [-0.25, -0.2) is 0 Å². The second kappa shape index (κ2) is 6.93. The molecule has 0 aromatic heterocycles. The molecule has 0 bridgehead atoms. The van der Waals surface area contributed by atoms with Gasteiger partial charge < -0.3 is 15.2 Å². The lowest BCUT2D eigenvalue weighted by molar-refractivity contribution is 0.1000. The molecule has 1 heterocycles. The van der Waals surface area contributed by atoms with Crippen LogP contribution in [-0.2, 0) is 6.54 Å². The summed E-state index contributed by atoms with van der Waals surface area (Å²) in [6.45, 7) is 4.37. The van der Waals surface area contributed by atoms with Crippen molar-refractivity contribution in [3.8, 4) is 11.5 Å². The van der Waals surface area contributed by atoms with Crippen molar-refractivity contribution in [2.24, 2.45) is 5.73 Å². The minimum atomic E-state index is -0.437. The predicted molar refractivity (Wildman–Crippen MR) is 92.3 cm³/mol. The van der Waals surface area contributed by atoms with Crippen LogP contribution in [0.4, 0.5) is 0 Å². The number of nitrogens with zero attached hydrogens (tertiary/aromatic N) is 1. The second-order valence-corrected chi connectivity index (χ2v) is 5.96. The molecule has 1 unspecified atom stereocenters. The van der Waals surface area contributed by atoms with Crippen molar-refractivity contribution in [3.05, 3.63) is 59.2 Å². The Morgan fingerprint density at radius 1 is 1.29 bits per heavy atom. The van der Waals surface area contributed by atoms with Crippen LogP contribution in [0.2, 0.25) is 0 Å². The zero-order valence-electron chi connectivity index (χ0n) is 14.0. The molecule has 0 spiro atoms. The highest BCUT2D eigenvalue weighted by atomic mass is 16.5. The fourth-order valence-corrected chi connectivity index (χ4v) is 3.00. The maximum Gasteiger partial charge on any atom is 0.248 e. The molecule has 1 amide bonds. The Balaban J connectivity index is 1.81. The normalized spacial score (nSPS) is 17.5. The highest BCUT2D eigenvalue weighted by molar-refractivity contribution is 5.93. The highest BCUT2D eigenvalue weighted by Crippen LogP contribution is 2.33. The number of nitrogens with two attached hydrogens (primary N) is 1. The van der Waals surface area contributed by atoms with E-state index in [0.717, 1.165) is 30.2 Å². The largest absolute Gasteiger partial charge is 0.497 e. The maximum absolute atomic E-state index is 11.4. The Hall–Kier alpha value is -2.53. The maximum atomic E-state index is 11.4. The van der Waals surface area contributed by atoms with E-state index in [-0.39, 0.29) is 6.04 Å². The lowest BCUT2D eigenvalue weighted by atomic mass is 10.0. The molecule has 5 nitrogen and oxygen atoms in total. The minimum absolute atomic E-state index is 0.187. The van der Waals surface area contributed by atoms with Crippen LogP contribution in [0.1, 0.15) is 34.5 Å². The Kier molecular flexibility index (Phi) is 4.71. The van der Waals surface area contributed by atoms with E-state index in [1.54, 1.807) is 19.2 Å². The van der Waals surface area contributed by atoms with Gasteiger partial charge in [-0.3, -0.25) is 9.69 Å². The van der Waals surface area contributed by atoms with Crippen molar-refractivity contribution in [1.29, 1.82) is 0 Å². The van der Waals surface area contributed by atoms with Crippen molar-refractivity contribution in [2.45, 2.75) is 19.5 Å². The summed E-state index contributed by atoms with van der Waals surface area (Å²) < 4.78 is 11.1. The number of rotatable bonds is 4. The summed E-state index contributed by atoms with van der Waals surface area (Å²) in [4.78, 5) is 13.7. The first kappa shape index (κ1) is 16.3. The topological polar surface area (TPSA) is 64.8 Å². The van der Waals surface area contributed by atoms with E-state index in [0.29, 0.717) is 12.2 Å². The Bertz CT molecular complexity index is 728. The molecular formula is C19H22N2O3. The molecule has 0 saturated heterocycles. The number of hydrogen-bond donors (Lipinski definition) is 1. The molecule has 24 heavy (non-hydrogen) atoms. The molecule has 126 valence electrons. The summed E-state index contributed by atoms with van der Waals surface area (Å²) in [5.41, 5.74) is 8.13. The lowest BCUT2D eigenvalue weighted by Crippen LogP contribution is -2.28. The fourth-order valence-electron chi connectivity index (χ4n) is 3.00. The zero-order valence-corrected chi connectivity index (χ0v) is 14.0. The van der Waals surface area contributed by atoms with Crippen molar-refractivity contribution in [1.82, 2.24) is 4.90 Å². The highest BCUT2D eigenvalue weighted by Gasteiger charge is 2.23. The summed E-state index contributed by atoms with van der Waals surface area (Å²) in [5.74, 6) is 1.17. The van der Waals surface area contributed by atoms with Gasteiger partial charge in [0, 0.05) is 30.3 Å². The summed E-state index contributed by atoms with van der Waals surface area (Å²) in [6.07, 6.45) is 0. The van der Waals surface area contributed by atoms with E-state index >= 15 is 0 Å². The minimum Gasteiger partial charge on any atom is -0.497 e. The van der Waals surface area contributed by atoms with Crippen molar-refractivity contribution in [2.75, 3.05) is 20.3 Å². The van der Waals surface area contributed by atoms with E-state index in [1.165, 1.54) is 5.56 Å². The smallest absolute Gasteiger partial charge is 0.248 e. The van der Waals surface area contributed by atoms with Gasteiger partial charge in [0.1, 0.15) is 18.1 Å². The van der Waals surface area contributed by atoms with E-state index in [2.05, 4.69) is 24.0 Å². The zero-order chi connectivity index (χ0) is 17.1. The third kappa shape index (κ3) is 3.36. The van der Waals surface area contributed by atoms with E-state index in [4.69, 9.17) is 15.2 Å². The van der Waals surface area contributed by atoms with Gasteiger partial charge in [-0.15, -0.1) is 0 Å². The molecule has 0 saturated carbocycles. The van der Waals surface area contributed by atoms with Crippen LogP contribution >= 0.6 is 0 Å². The van der Waals surface area contributed by atoms with Gasteiger partial charge in [0.15, 0.2) is 0 Å². The van der Waals surface area contributed by atoms with Crippen LogP contribution in [0.3, 0.4) is 0 Å². The second-order valence-electron chi connectivity index (χ2n) is 5.96. The number of primary amides is 1. The molecule has 2 N–H and O–H groups in total. The molecule has 3 rings (SSSR count). The molecule has 1 aliphatic rings. The number of benzene rings is 2. The van der Waals surface area contributed by atoms with Gasteiger partial charge in [-0.05, 0) is 36.8 Å². The average Bonchev–Trinajstić information content (AvgIpc) is 2.75. The van der Waals surface area contributed by atoms with Gasteiger partial charge in [-0.1, -0.05) is 18.2 Å². The van der Waals surface area contributed by atoms with Crippen molar-refractivity contribution in [3.63, 3.8) is 0 Å². The molecule has 0 fully saturated rings. The molecule has 0 aliphatic carbocycles. The number of methoxy groups -OCH3 is 1. The number of fused-ring (bicyclic) bond motifs is 1. The number of carbonyl (C=O) groups excluding carboxylic acids is 1. The summed E-state index contributed by atoms with van der Waals surface area (Å²) in [7, 11) is 1.67. The Labute approximate surface area is 142 Å². The monoisotopic (exact) mass is 326 g/mol. The molecule has 2 aromatic rings. The van der Waals surface area contributed by atoms with Crippen molar-refractivity contribution < 1.29 is 14.3 Å². The third-order valence-corrected chi connectivity index (χ3v) is 4.48. The van der Waals surface area contributed by atoms with Crippen LogP contribution in [-0.4, -0.2) is 31.1 Å². The van der Waals surface area contributed by atoms with Crippen molar-refractivity contribution >= 4 is 5.91 Å². The quantitative estimate of drug-likeness (QED) is 0.938. The number of hydrogen-bond acceptors (Lipinski definition) is 4. The number of carbonyl (C=O) groups is 1. The lowest BCUT2D eigenvalue weighted by Gasteiger charge is -2.27. The van der Waals surface area contributed by atoms with Gasteiger partial charge >= 0.3 is 0 Å². The van der Waals surface area contributed by atoms with Gasteiger partial charge in [0.2, 0.25) is 5.91 Å². The predicted octanol–water partition coefficient (Wildman–Crippen LogP) is 2.75. The molecular weight excluding hydrogens is 304 g/mol. The molecule has 5 heteroatoms. The fraction of sp³-hybridized carbons (Fsp3) is 0.316. The third-order valence-electron chi connectivity index (χ3n) is 4.48. The molecule has 1 aliphatic heterocycles. The van der Waals surface area contributed by atoms with Gasteiger partial charge in [-0.2, -0.15) is 0 Å². The van der Waals surface area contributed by atoms with Gasteiger partial charge in [0.05, 0.1) is 7.11 Å². The van der Waals surface area contributed by atoms with Crippen LogP contribution < -0.4 is 15.2 Å². The van der Waals surface area contributed by atoms with Crippen LogP contribution in [0.25, 0.3) is 0 Å². The number of ether oxygens (including phenoxy) is 2. The first-order valence-corrected chi connectivity index (χ1v) is 8.02. The van der Waals surface area contributed by atoms with Crippen LogP contribution in [0, 0.1) is 0 Å². The number of amides is 1. The van der Waals surface area contributed by atoms with Gasteiger partial charge in [0.25, 0.3) is 0 Å². The molecule has 2 aromatic carbocycles. The first-order valence-electron chi connectivity index (χ1n) is 8.02. The average molecular weight is 326 g/mol. The summed E-state index contributed by atoms with van der Waals surface area (Å²) >= 11 is 0. The van der Waals surface area contributed by atoms with E-state index in [9.17, 15) is 4.79 Å². The van der Waals surface area contributed by atoms with E-state index < -0.39 is 5.91 Å². The Morgan fingerprint density at radius 3 is 2.71 bits per heavy atom. The summed E-state index contributed by atoms with van der Waals surface area (Å²) in [5, 5.41) is 0. The SMILES string of the molecule is COc1ccc(CN2CCOc3cc(C(N)=O)ccc3C2C)cc1. The summed E-state index contributed by atoms with van der Waals surface area (Å²) in [6, 6.07) is 13.7. The molecule has 0 radical (unpaired) electrons. The Morgan fingerprint density at radius 2 is 2.04 bits per heavy atom. The van der Waals surface area contributed by atoms with Crippen LogP contribution in [0.5, 0.6) is 11.5 Å². The molecule has 1 atom stereocenters. The standard InChI is InChI=1S/C19H22N2O3/c1-13-17-8-5-15(19(20)22)11-18(17)24-10-9-21(13)12-14-3-6-16(23-2)7-4-14/h3-8,11,13H,9-10,12H2,1-2H3,(H2,20,22). The van der Waals surface area contributed by atoms with E-state index in [1.807, 2.05) is 18.2 Å². The van der Waals surface area contributed by atoms with Crippen LogP contribution in [0.15, 0.2) is 42.5 Å².